The third-order valence-electron chi connectivity index (χ3n) is 3.79. The third kappa shape index (κ3) is 7.95. The van der Waals surface area contributed by atoms with Crippen LogP contribution in [0.1, 0.15) is 24.5 Å². The van der Waals surface area contributed by atoms with E-state index < -0.39 is 0 Å². The van der Waals surface area contributed by atoms with Crippen LogP contribution < -0.4 is 15.4 Å². The van der Waals surface area contributed by atoms with Crippen LogP contribution in [0, 0.1) is 0 Å². The fourth-order valence-corrected chi connectivity index (χ4v) is 2.40. The molecule has 2 aromatic carbocycles. The number of hydrogen-bond acceptors (Lipinski definition) is 3. The van der Waals surface area contributed by atoms with Crippen LogP contribution in [0.15, 0.2) is 53.5 Å². The van der Waals surface area contributed by atoms with E-state index in [0.717, 1.165) is 43.2 Å². The molecule has 0 aliphatic heterocycles. The molecule has 0 unspecified atom stereocenters. The Morgan fingerprint density at radius 3 is 2.27 bits per heavy atom. The Morgan fingerprint density at radius 2 is 1.65 bits per heavy atom. The number of rotatable bonds is 8. The zero-order valence-corrected chi connectivity index (χ0v) is 17.7. The van der Waals surface area contributed by atoms with Gasteiger partial charge < -0.3 is 20.5 Å². The van der Waals surface area contributed by atoms with Crippen molar-refractivity contribution < 1.29 is 9.84 Å². The van der Waals surface area contributed by atoms with E-state index in [-0.39, 0.29) is 24.0 Å². The predicted molar refractivity (Wildman–Crippen MR) is 118 cm³/mol. The number of hydrogen-bond donors (Lipinski definition) is 3. The number of nitrogens with one attached hydrogen (secondary N) is 2. The Hall–Kier alpha value is -1.96. The van der Waals surface area contributed by atoms with Gasteiger partial charge in [-0.15, -0.1) is 24.0 Å². The number of guanidine groups is 1. The molecule has 6 heteroatoms. The fourth-order valence-electron chi connectivity index (χ4n) is 2.40. The Balaban J connectivity index is 0.00000338. The van der Waals surface area contributed by atoms with Crippen molar-refractivity contribution in [1.29, 1.82) is 0 Å². The lowest BCUT2D eigenvalue weighted by atomic mass is 10.1. The van der Waals surface area contributed by atoms with Crippen molar-refractivity contribution in [3.05, 3.63) is 59.7 Å². The van der Waals surface area contributed by atoms with Crippen LogP contribution in [0.5, 0.6) is 11.5 Å². The summed E-state index contributed by atoms with van der Waals surface area (Å²) in [5, 5.41) is 15.9. The molecule has 0 radical (unpaired) electrons. The van der Waals surface area contributed by atoms with E-state index >= 15 is 0 Å². The summed E-state index contributed by atoms with van der Waals surface area (Å²) in [4.78, 5) is 4.62. The Labute approximate surface area is 172 Å². The maximum absolute atomic E-state index is 9.30. The first-order valence-electron chi connectivity index (χ1n) is 8.64. The van der Waals surface area contributed by atoms with Gasteiger partial charge >= 0.3 is 0 Å². The second-order valence-corrected chi connectivity index (χ2v) is 5.74. The number of phenols is 1. The summed E-state index contributed by atoms with van der Waals surface area (Å²) >= 11 is 0. The Kier molecular flexibility index (Phi) is 10.5. The number of aryl methyl sites for hydroxylation is 1. The zero-order chi connectivity index (χ0) is 17.9. The van der Waals surface area contributed by atoms with Crippen LogP contribution in [-0.4, -0.2) is 31.3 Å². The molecule has 142 valence electrons. The summed E-state index contributed by atoms with van der Waals surface area (Å²) < 4.78 is 5.17. The van der Waals surface area contributed by atoms with Crippen LogP contribution in [0.2, 0.25) is 0 Å². The maximum Gasteiger partial charge on any atom is 0.191 e. The van der Waals surface area contributed by atoms with Gasteiger partial charge in [0.1, 0.15) is 11.5 Å². The number of ether oxygens (including phenoxy) is 1. The monoisotopic (exact) mass is 469 g/mol. The summed E-state index contributed by atoms with van der Waals surface area (Å²) in [6, 6.07) is 15.3. The first kappa shape index (κ1) is 22.1. The minimum absolute atomic E-state index is 0. The van der Waals surface area contributed by atoms with Gasteiger partial charge in [-0.3, -0.25) is 0 Å². The lowest BCUT2D eigenvalue weighted by molar-refractivity contribution is 0.414. The summed E-state index contributed by atoms with van der Waals surface area (Å²) in [5.74, 6) is 1.98. The van der Waals surface area contributed by atoms with Crippen LogP contribution in [0.3, 0.4) is 0 Å². The van der Waals surface area contributed by atoms with Crippen LogP contribution in [0.25, 0.3) is 0 Å². The minimum atomic E-state index is 0. The van der Waals surface area contributed by atoms with E-state index in [1.165, 1.54) is 5.56 Å². The molecule has 26 heavy (non-hydrogen) atoms. The number of benzene rings is 2. The molecule has 0 saturated carbocycles. The number of methoxy groups -OCH3 is 1. The standard InChI is InChI=1S/C20H27N3O2.HI/c1-3-21-20(23-15-17-8-12-19(25-2)13-9-17)22-14-4-5-16-6-10-18(24)11-7-16;/h6-13,24H,3-5,14-15H2,1-2H3,(H2,21,22,23);1H. The van der Waals surface area contributed by atoms with Crippen LogP contribution in [0.4, 0.5) is 0 Å². The van der Waals surface area contributed by atoms with Gasteiger partial charge in [0, 0.05) is 13.1 Å². The SMILES string of the molecule is CCNC(=NCc1ccc(OC)cc1)NCCCc1ccc(O)cc1.I. The lowest BCUT2D eigenvalue weighted by Crippen LogP contribution is -2.37. The molecule has 0 heterocycles. The average molecular weight is 469 g/mol. The molecule has 0 amide bonds. The van der Waals surface area contributed by atoms with Gasteiger partial charge in [0.05, 0.1) is 13.7 Å². The topological polar surface area (TPSA) is 65.9 Å². The molecule has 0 aromatic heterocycles. The van der Waals surface area contributed by atoms with Crippen LogP contribution in [-0.2, 0) is 13.0 Å². The maximum atomic E-state index is 9.30. The molecular weight excluding hydrogens is 441 g/mol. The number of aliphatic imine (C=N–C) groups is 1. The zero-order valence-electron chi connectivity index (χ0n) is 15.4. The number of phenolic OH excluding ortho intramolecular Hbond substituents is 1. The highest BCUT2D eigenvalue weighted by Gasteiger charge is 1.99. The van der Waals surface area contributed by atoms with E-state index in [1.807, 2.05) is 36.4 Å². The minimum Gasteiger partial charge on any atom is -0.508 e. The van der Waals surface area contributed by atoms with E-state index in [2.05, 4.69) is 22.5 Å². The molecule has 0 atom stereocenters. The van der Waals surface area contributed by atoms with E-state index in [1.54, 1.807) is 19.2 Å². The summed E-state index contributed by atoms with van der Waals surface area (Å²) in [5.41, 5.74) is 2.36. The van der Waals surface area contributed by atoms with E-state index in [4.69, 9.17) is 4.74 Å². The molecule has 0 saturated heterocycles. The average Bonchev–Trinajstić information content (AvgIpc) is 2.65. The molecule has 2 rings (SSSR count). The van der Waals surface area contributed by atoms with Gasteiger partial charge in [-0.2, -0.15) is 0 Å². The Morgan fingerprint density at radius 1 is 1.00 bits per heavy atom. The van der Waals surface area contributed by atoms with Crippen molar-refractivity contribution in [2.24, 2.45) is 4.99 Å². The highest BCUT2D eigenvalue weighted by atomic mass is 127. The molecule has 2 aromatic rings. The van der Waals surface area contributed by atoms with Crippen molar-refractivity contribution >= 4 is 29.9 Å². The van der Waals surface area contributed by atoms with Gasteiger partial charge in [0.25, 0.3) is 0 Å². The molecule has 0 bridgehead atoms. The van der Waals surface area contributed by atoms with Crippen LogP contribution >= 0.6 is 24.0 Å². The highest BCUT2D eigenvalue weighted by Crippen LogP contribution is 2.12. The second kappa shape index (κ2) is 12.4. The third-order valence-corrected chi connectivity index (χ3v) is 3.79. The molecule has 0 spiro atoms. The summed E-state index contributed by atoms with van der Waals surface area (Å²) in [6.45, 7) is 4.35. The quantitative estimate of drug-likeness (QED) is 0.239. The molecule has 0 aliphatic carbocycles. The normalized spacial score (nSPS) is 10.8. The van der Waals surface area contributed by atoms with Crippen molar-refractivity contribution in [2.75, 3.05) is 20.2 Å². The fraction of sp³-hybridized carbons (Fsp3) is 0.350. The second-order valence-electron chi connectivity index (χ2n) is 5.74. The van der Waals surface area contributed by atoms with Gasteiger partial charge in [-0.25, -0.2) is 4.99 Å². The molecule has 5 nitrogen and oxygen atoms in total. The van der Waals surface area contributed by atoms with Gasteiger partial charge in [0.15, 0.2) is 5.96 Å². The number of aromatic hydroxyl groups is 1. The summed E-state index contributed by atoms with van der Waals surface area (Å²) in [7, 11) is 1.67. The number of nitrogens with zero attached hydrogens (tertiary/aromatic N) is 1. The lowest BCUT2D eigenvalue weighted by Gasteiger charge is -2.11. The number of halogens is 1. The first-order chi connectivity index (χ1) is 12.2. The molecule has 3 N–H and O–H groups in total. The van der Waals surface area contributed by atoms with Gasteiger partial charge in [-0.1, -0.05) is 24.3 Å². The molecular formula is C20H28IN3O2. The van der Waals surface area contributed by atoms with Crippen molar-refractivity contribution in [1.82, 2.24) is 10.6 Å². The van der Waals surface area contributed by atoms with Crippen molar-refractivity contribution in [2.45, 2.75) is 26.3 Å². The van der Waals surface area contributed by atoms with Gasteiger partial charge in [0.2, 0.25) is 0 Å². The predicted octanol–water partition coefficient (Wildman–Crippen LogP) is 3.71. The van der Waals surface area contributed by atoms with E-state index in [0.29, 0.717) is 12.3 Å². The summed E-state index contributed by atoms with van der Waals surface area (Å²) in [6.07, 6.45) is 1.96. The molecule has 0 fully saturated rings. The van der Waals surface area contributed by atoms with Crippen molar-refractivity contribution in [3.8, 4) is 11.5 Å². The van der Waals surface area contributed by atoms with Gasteiger partial charge in [-0.05, 0) is 55.2 Å². The van der Waals surface area contributed by atoms with E-state index in [9.17, 15) is 5.11 Å². The van der Waals surface area contributed by atoms with Crippen molar-refractivity contribution in [3.63, 3.8) is 0 Å². The largest absolute Gasteiger partial charge is 0.508 e. The Bertz CT molecular complexity index is 658. The first-order valence-corrected chi connectivity index (χ1v) is 8.64. The smallest absolute Gasteiger partial charge is 0.191 e. The highest BCUT2D eigenvalue weighted by molar-refractivity contribution is 14.0. The molecule has 0 aliphatic rings.